The SMILES string of the molecule is [SnH][CH]1CCCCC1. The van der Waals surface area contributed by atoms with Gasteiger partial charge in [0.1, 0.15) is 0 Å². The van der Waals surface area contributed by atoms with Gasteiger partial charge in [-0.3, -0.25) is 0 Å². The predicted octanol–water partition coefficient (Wildman–Crippen LogP) is 1.64. The third-order valence-corrected chi connectivity index (χ3v) is 3.55. The standard InChI is InChI=1S/C6H11.Sn.H/c1-2-4-6-5-3-1;;/h1H,2-6H2;;. The Labute approximate surface area is 58.8 Å². The van der Waals surface area contributed by atoms with E-state index < -0.39 is 0 Å². The second-order valence-corrected chi connectivity index (χ2v) is 5.09. The molecule has 1 aliphatic rings. The molecule has 0 N–H and O–H groups in total. The molecule has 0 aromatic rings. The van der Waals surface area contributed by atoms with E-state index in [1.54, 1.807) is 12.8 Å². The first-order chi connectivity index (χ1) is 3.39. The molecule has 0 unspecified atom stereocenters. The van der Waals surface area contributed by atoms with E-state index in [9.17, 15) is 0 Å². The average Bonchev–Trinajstić information content (AvgIpc) is 1.69. The quantitative estimate of drug-likeness (QED) is 0.525. The van der Waals surface area contributed by atoms with Gasteiger partial charge in [-0.15, -0.1) is 0 Å². The van der Waals surface area contributed by atoms with E-state index in [-0.39, 0.29) is 0 Å². The Morgan fingerprint density at radius 1 is 1.00 bits per heavy atom. The van der Waals surface area contributed by atoms with Gasteiger partial charge in [-0.2, -0.15) is 0 Å². The fourth-order valence-electron chi connectivity index (χ4n) is 1.13. The normalized spacial score (nSPS) is 25.3. The van der Waals surface area contributed by atoms with Crippen LogP contribution in [-0.2, 0) is 0 Å². The zero-order valence-corrected chi connectivity index (χ0v) is 7.99. The van der Waals surface area contributed by atoms with Gasteiger partial charge in [0, 0.05) is 0 Å². The number of hydrogen-bond acceptors (Lipinski definition) is 0. The second kappa shape index (κ2) is 2.95. The summed E-state index contributed by atoms with van der Waals surface area (Å²) in [6.45, 7) is 0. The summed E-state index contributed by atoms with van der Waals surface area (Å²) in [6, 6.07) is 0. The first-order valence-electron chi connectivity index (χ1n) is 3.15. The third-order valence-electron chi connectivity index (χ3n) is 1.65. The molecule has 1 fully saturated rings. The molecule has 0 aromatic heterocycles. The van der Waals surface area contributed by atoms with Crippen LogP contribution in [0.5, 0.6) is 0 Å². The van der Waals surface area contributed by atoms with E-state index in [1.807, 2.05) is 0 Å². The van der Waals surface area contributed by atoms with Gasteiger partial charge in [0.2, 0.25) is 0 Å². The van der Waals surface area contributed by atoms with Crippen LogP contribution in [0.15, 0.2) is 0 Å². The van der Waals surface area contributed by atoms with Gasteiger partial charge in [0.15, 0.2) is 0 Å². The van der Waals surface area contributed by atoms with Crippen molar-refractivity contribution in [3.8, 4) is 0 Å². The van der Waals surface area contributed by atoms with Gasteiger partial charge in [0.25, 0.3) is 0 Å². The monoisotopic (exact) mass is 204 g/mol. The summed E-state index contributed by atoms with van der Waals surface area (Å²) in [5.74, 6) is 0. The van der Waals surface area contributed by atoms with Gasteiger partial charge in [-0.25, -0.2) is 0 Å². The summed E-state index contributed by atoms with van der Waals surface area (Å²) in [7, 11) is 0. The topological polar surface area (TPSA) is 0 Å². The third kappa shape index (κ3) is 2.02. The van der Waals surface area contributed by atoms with Crippen LogP contribution < -0.4 is 0 Å². The van der Waals surface area contributed by atoms with E-state index >= 15 is 0 Å². The van der Waals surface area contributed by atoms with Crippen LogP contribution in [0.25, 0.3) is 0 Å². The average molecular weight is 203 g/mol. The van der Waals surface area contributed by atoms with Crippen molar-refractivity contribution in [2.45, 2.75) is 36.0 Å². The molecule has 0 saturated heterocycles. The van der Waals surface area contributed by atoms with Crippen molar-refractivity contribution in [3.63, 3.8) is 0 Å². The Bertz CT molecular complexity index is 46.1. The van der Waals surface area contributed by atoms with Crippen LogP contribution in [0.4, 0.5) is 0 Å². The molecule has 1 aliphatic carbocycles. The molecular weight excluding hydrogens is 191 g/mol. The van der Waals surface area contributed by atoms with Crippen molar-refractivity contribution in [2.24, 2.45) is 0 Å². The number of hydrogen-bond donors (Lipinski definition) is 0. The molecule has 0 aliphatic heterocycles. The summed E-state index contributed by atoms with van der Waals surface area (Å²) in [6.07, 6.45) is 7.64. The molecule has 1 heteroatoms. The molecule has 0 heterocycles. The molecule has 1 rings (SSSR count). The summed E-state index contributed by atoms with van der Waals surface area (Å²) < 4.78 is 1.17. The van der Waals surface area contributed by atoms with Crippen LogP contribution in [0.3, 0.4) is 0 Å². The van der Waals surface area contributed by atoms with Crippen LogP contribution in [-0.4, -0.2) is 22.5 Å². The molecule has 7 heavy (non-hydrogen) atoms. The first-order valence-corrected chi connectivity index (χ1v) is 5.05. The van der Waals surface area contributed by atoms with Crippen LogP contribution in [0.1, 0.15) is 32.1 Å². The van der Waals surface area contributed by atoms with Gasteiger partial charge in [0.05, 0.1) is 0 Å². The van der Waals surface area contributed by atoms with E-state index in [2.05, 4.69) is 0 Å². The predicted molar refractivity (Wildman–Crippen MR) is 34.0 cm³/mol. The summed E-state index contributed by atoms with van der Waals surface area (Å²) >= 11 is 1.51. The maximum atomic E-state index is 1.54. The summed E-state index contributed by atoms with van der Waals surface area (Å²) in [5, 5.41) is 0. The van der Waals surface area contributed by atoms with E-state index in [4.69, 9.17) is 0 Å². The summed E-state index contributed by atoms with van der Waals surface area (Å²) in [4.78, 5) is 0. The van der Waals surface area contributed by atoms with Crippen molar-refractivity contribution in [3.05, 3.63) is 0 Å². The van der Waals surface area contributed by atoms with Crippen molar-refractivity contribution in [2.75, 3.05) is 0 Å². The van der Waals surface area contributed by atoms with Gasteiger partial charge < -0.3 is 0 Å². The van der Waals surface area contributed by atoms with Crippen LogP contribution in [0.2, 0.25) is 3.93 Å². The van der Waals surface area contributed by atoms with E-state index in [0.717, 1.165) is 0 Å². The first kappa shape index (κ1) is 5.93. The van der Waals surface area contributed by atoms with E-state index in [1.165, 1.54) is 45.7 Å². The molecule has 0 atom stereocenters. The molecule has 2 radical (unpaired) electrons. The zero-order chi connectivity index (χ0) is 5.11. The molecule has 1 saturated carbocycles. The Hall–Kier alpha value is 0.799. The Morgan fingerprint density at radius 3 is 1.86 bits per heavy atom. The van der Waals surface area contributed by atoms with Gasteiger partial charge >= 0.3 is 58.6 Å². The minimum atomic E-state index is 1.17. The fourth-order valence-corrected chi connectivity index (χ4v) is 2.48. The van der Waals surface area contributed by atoms with Gasteiger partial charge in [-0.05, 0) is 0 Å². The van der Waals surface area contributed by atoms with Gasteiger partial charge in [-0.1, -0.05) is 0 Å². The second-order valence-electron chi connectivity index (χ2n) is 2.40. The van der Waals surface area contributed by atoms with Crippen molar-refractivity contribution < 1.29 is 0 Å². The molecule has 0 bridgehead atoms. The van der Waals surface area contributed by atoms with Crippen molar-refractivity contribution in [1.82, 2.24) is 0 Å². The Kier molecular flexibility index (Phi) is 2.50. The number of rotatable bonds is 0. The zero-order valence-electron chi connectivity index (χ0n) is 4.69. The Morgan fingerprint density at radius 2 is 1.57 bits per heavy atom. The molecule has 0 aromatic carbocycles. The van der Waals surface area contributed by atoms with Crippen molar-refractivity contribution in [1.29, 1.82) is 0 Å². The van der Waals surface area contributed by atoms with E-state index in [0.29, 0.717) is 0 Å². The Balaban J connectivity index is 2.12. The van der Waals surface area contributed by atoms with Crippen LogP contribution >= 0.6 is 0 Å². The minimum absolute atomic E-state index is 1.17. The van der Waals surface area contributed by atoms with Crippen molar-refractivity contribution >= 4 is 22.5 Å². The van der Waals surface area contributed by atoms with Crippen LogP contribution in [0, 0.1) is 0 Å². The maximum absolute atomic E-state index is 1.54. The molecule has 0 nitrogen and oxygen atoms in total. The molecule has 40 valence electrons. The fraction of sp³-hybridized carbons (Fsp3) is 1.00. The molecular formula is C6H12Sn. The molecule has 0 spiro atoms. The molecule has 0 amide bonds. The summed E-state index contributed by atoms with van der Waals surface area (Å²) in [5.41, 5.74) is 0.